The molecule has 29 heavy (non-hydrogen) atoms. The zero-order valence-corrected chi connectivity index (χ0v) is 16.4. The minimum absolute atomic E-state index is 0.130. The monoisotopic (exact) mass is 388 g/mol. The predicted octanol–water partition coefficient (Wildman–Crippen LogP) is 3.99. The third-order valence-electron chi connectivity index (χ3n) is 4.44. The van der Waals surface area contributed by atoms with Crippen molar-refractivity contribution in [3.8, 4) is 5.75 Å². The van der Waals surface area contributed by atoms with Gasteiger partial charge in [0.25, 0.3) is 11.8 Å². The Morgan fingerprint density at radius 1 is 0.862 bits per heavy atom. The van der Waals surface area contributed by atoms with E-state index in [0.29, 0.717) is 23.5 Å². The Morgan fingerprint density at radius 3 is 2.34 bits per heavy atom. The average Bonchev–Trinajstić information content (AvgIpc) is 2.74. The third kappa shape index (κ3) is 5.94. The maximum atomic E-state index is 12.6. The maximum absolute atomic E-state index is 12.6. The fraction of sp³-hybridized carbons (Fsp3) is 0.167. The van der Waals surface area contributed by atoms with Gasteiger partial charge in [-0.25, -0.2) is 0 Å². The quantitative estimate of drug-likeness (QED) is 0.613. The highest BCUT2D eigenvalue weighted by molar-refractivity contribution is 6.04. The first-order valence-electron chi connectivity index (χ1n) is 9.53. The summed E-state index contributed by atoms with van der Waals surface area (Å²) >= 11 is 0. The molecular weight excluding hydrogens is 364 g/mol. The van der Waals surface area contributed by atoms with E-state index in [2.05, 4.69) is 10.6 Å². The molecule has 0 unspecified atom stereocenters. The summed E-state index contributed by atoms with van der Waals surface area (Å²) in [6.07, 6.45) is 0.741. The van der Waals surface area contributed by atoms with Crippen LogP contribution in [0, 0.1) is 6.92 Å². The molecule has 148 valence electrons. The summed E-state index contributed by atoms with van der Waals surface area (Å²) in [7, 11) is 0. The molecule has 3 rings (SSSR count). The van der Waals surface area contributed by atoms with Gasteiger partial charge < -0.3 is 15.4 Å². The second-order valence-corrected chi connectivity index (χ2v) is 6.64. The first kappa shape index (κ1) is 20.1. The molecule has 0 aromatic heterocycles. The predicted molar refractivity (Wildman–Crippen MR) is 114 cm³/mol. The van der Waals surface area contributed by atoms with Crippen LogP contribution < -0.4 is 15.4 Å². The van der Waals surface area contributed by atoms with Crippen LogP contribution in [0.5, 0.6) is 5.75 Å². The number of anilines is 1. The summed E-state index contributed by atoms with van der Waals surface area (Å²) in [5.74, 6) is 0.115. The fourth-order valence-electron chi connectivity index (χ4n) is 2.90. The highest BCUT2D eigenvalue weighted by Crippen LogP contribution is 2.17. The van der Waals surface area contributed by atoms with Gasteiger partial charge in [0.05, 0.1) is 11.3 Å². The molecular formula is C24H24N2O3. The number of ether oxygens (including phenoxy) is 1. The van der Waals surface area contributed by atoms with Crippen molar-refractivity contribution in [3.05, 3.63) is 95.6 Å². The molecule has 0 atom stereocenters. The standard InChI is InChI=1S/C24H24N2O3/c1-18-9-5-8-14-22(18)29-17-23(27)26-21-13-7-6-12-20(21)24(28)25-16-15-19-10-3-2-4-11-19/h2-14H,15-17H2,1H3,(H,25,28)(H,26,27). The van der Waals surface area contributed by atoms with E-state index in [-0.39, 0.29) is 18.4 Å². The van der Waals surface area contributed by atoms with E-state index in [0.717, 1.165) is 17.5 Å². The largest absolute Gasteiger partial charge is 0.483 e. The highest BCUT2D eigenvalue weighted by atomic mass is 16.5. The second-order valence-electron chi connectivity index (χ2n) is 6.64. The molecule has 2 N–H and O–H groups in total. The number of amides is 2. The minimum atomic E-state index is -0.321. The summed E-state index contributed by atoms with van der Waals surface area (Å²) in [6, 6.07) is 24.4. The van der Waals surface area contributed by atoms with Gasteiger partial charge in [-0.15, -0.1) is 0 Å². The second kappa shape index (κ2) is 10.1. The Kier molecular flexibility index (Phi) is 7.00. The number of rotatable bonds is 8. The zero-order chi connectivity index (χ0) is 20.5. The molecule has 0 saturated carbocycles. The summed E-state index contributed by atoms with van der Waals surface area (Å²) in [5.41, 5.74) is 2.99. The van der Waals surface area contributed by atoms with E-state index in [9.17, 15) is 9.59 Å². The third-order valence-corrected chi connectivity index (χ3v) is 4.44. The molecule has 0 bridgehead atoms. The van der Waals surface area contributed by atoms with E-state index in [1.807, 2.05) is 61.5 Å². The first-order chi connectivity index (χ1) is 14.1. The normalized spacial score (nSPS) is 10.2. The Balaban J connectivity index is 1.55. The van der Waals surface area contributed by atoms with Crippen LogP contribution >= 0.6 is 0 Å². The van der Waals surface area contributed by atoms with E-state index in [1.54, 1.807) is 24.3 Å². The van der Waals surface area contributed by atoms with Crippen molar-refractivity contribution in [1.82, 2.24) is 5.32 Å². The summed E-state index contributed by atoms with van der Waals surface area (Å²) in [6.45, 7) is 2.30. The van der Waals surface area contributed by atoms with Gasteiger partial charge in [-0.1, -0.05) is 60.7 Å². The van der Waals surface area contributed by atoms with E-state index < -0.39 is 0 Å². The number of hydrogen-bond donors (Lipinski definition) is 2. The lowest BCUT2D eigenvalue weighted by Gasteiger charge is -2.12. The van der Waals surface area contributed by atoms with Crippen molar-refractivity contribution < 1.29 is 14.3 Å². The molecule has 0 radical (unpaired) electrons. The Morgan fingerprint density at radius 2 is 1.55 bits per heavy atom. The van der Waals surface area contributed by atoms with Crippen LogP contribution in [0.4, 0.5) is 5.69 Å². The van der Waals surface area contributed by atoms with Crippen molar-refractivity contribution >= 4 is 17.5 Å². The van der Waals surface area contributed by atoms with Crippen LogP contribution in [0.1, 0.15) is 21.5 Å². The van der Waals surface area contributed by atoms with Crippen molar-refractivity contribution in [3.63, 3.8) is 0 Å². The molecule has 0 heterocycles. The van der Waals surface area contributed by atoms with Crippen LogP contribution in [-0.4, -0.2) is 25.0 Å². The van der Waals surface area contributed by atoms with Crippen molar-refractivity contribution in [2.75, 3.05) is 18.5 Å². The van der Waals surface area contributed by atoms with Crippen molar-refractivity contribution in [2.24, 2.45) is 0 Å². The highest BCUT2D eigenvalue weighted by Gasteiger charge is 2.13. The van der Waals surface area contributed by atoms with E-state index in [1.165, 1.54) is 0 Å². The minimum Gasteiger partial charge on any atom is -0.483 e. The van der Waals surface area contributed by atoms with Gasteiger partial charge >= 0.3 is 0 Å². The van der Waals surface area contributed by atoms with E-state index >= 15 is 0 Å². The molecule has 5 nitrogen and oxygen atoms in total. The molecule has 0 aliphatic rings. The molecule has 3 aromatic carbocycles. The summed E-state index contributed by atoms with van der Waals surface area (Å²) in [5, 5.41) is 5.67. The molecule has 3 aromatic rings. The number of nitrogens with one attached hydrogen (secondary N) is 2. The van der Waals surface area contributed by atoms with Gasteiger partial charge in [-0.05, 0) is 42.7 Å². The average molecular weight is 388 g/mol. The molecule has 0 spiro atoms. The van der Waals surface area contributed by atoms with Crippen molar-refractivity contribution in [2.45, 2.75) is 13.3 Å². The number of carbonyl (C=O) groups is 2. The molecule has 5 heteroatoms. The molecule has 0 saturated heterocycles. The van der Waals surface area contributed by atoms with Gasteiger partial charge in [0.2, 0.25) is 0 Å². The number of carbonyl (C=O) groups excluding carboxylic acids is 2. The Bertz CT molecular complexity index is 971. The number of hydrogen-bond acceptors (Lipinski definition) is 3. The number of benzene rings is 3. The van der Waals surface area contributed by atoms with Gasteiger partial charge in [-0.2, -0.15) is 0 Å². The van der Waals surface area contributed by atoms with Crippen LogP contribution in [-0.2, 0) is 11.2 Å². The van der Waals surface area contributed by atoms with E-state index in [4.69, 9.17) is 4.74 Å². The van der Waals surface area contributed by atoms with Crippen LogP contribution in [0.25, 0.3) is 0 Å². The SMILES string of the molecule is Cc1ccccc1OCC(=O)Nc1ccccc1C(=O)NCCc1ccccc1. The topological polar surface area (TPSA) is 67.4 Å². The zero-order valence-electron chi connectivity index (χ0n) is 16.4. The lowest BCUT2D eigenvalue weighted by atomic mass is 10.1. The Labute approximate surface area is 170 Å². The Hall–Kier alpha value is -3.60. The van der Waals surface area contributed by atoms with Gasteiger partial charge in [0.1, 0.15) is 5.75 Å². The molecule has 2 amide bonds. The first-order valence-corrected chi connectivity index (χ1v) is 9.53. The fourth-order valence-corrected chi connectivity index (χ4v) is 2.90. The molecule has 0 aliphatic heterocycles. The van der Waals surface area contributed by atoms with Crippen LogP contribution in [0.2, 0.25) is 0 Å². The number of aryl methyl sites for hydroxylation is 1. The maximum Gasteiger partial charge on any atom is 0.262 e. The van der Waals surface area contributed by atoms with Crippen LogP contribution in [0.15, 0.2) is 78.9 Å². The lowest BCUT2D eigenvalue weighted by molar-refractivity contribution is -0.118. The summed E-state index contributed by atoms with van der Waals surface area (Å²) in [4.78, 5) is 24.9. The molecule has 0 aliphatic carbocycles. The number of para-hydroxylation sites is 2. The lowest BCUT2D eigenvalue weighted by Crippen LogP contribution is -2.28. The molecule has 0 fully saturated rings. The van der Waals surface area contributed by atoms with Gasteiger partial charge in [-0.3, -0.25) is 9.59 Å². The van der Waals surface area contributed by atoms with Gasteiger partial charge in [0.15, 0.2) is 6.61 Å². The van der Waals surface area contributed by atoms with Crippen LogP contribution in [0.3, 0.4) is 0 Å². The smallest absolute Gasteiger partial charge is 0.262 e. The van der Waals surface area contributed by atoms with Crippen molar-refractivity contribution in [1.29, 1.82) is 0 Å². The van der Waals surface area contributed by atoms with Gasteiger partial charge in [0, 0.05) is 6.54 Å². The summed E-state index contributed by atoms with van der Waals surface area (Å²) < 4.78 is 5.57.